The van der Waals surface area contributed by atoms with Crippen molar-refractivity contribution < 1.29 is 28.2 Å². The predicted molar refractivity (Wildman–Crippen MR) is 156 cm³/mol. The summed E-state index contributed by atoms with van der Waals surface area (Å²) in [4.78, 5) is 46.2. The third-order valence-corrected chi connectivity index (χ3v) is 8.88. The van der Waals surface area contributed by atoms with Crippen LogP contribution in [-0.4, -0.2) is 43.7 Å². The van der Waals surface area contributed by atoms with E-state index >= 15 is 0 Å². The van der Waals surface area contributed by atoms with Crippen molar-refractivity contribution in [1.29, 1.82) is 0 Å². The van der Waals surface area contributed by atoms with Gasteiger partial charge in [-0.1, -0.05) is 66.7 Å². The van der Waals surface area contributed by atoms with E-state index in [1.807, 2.05) is 41.3 Å². The van der Waals surface area contributed by atoms with Crippen molar-refractivity contribution in [3.8, 4) is 11.5 Å². The highest BCUT2D eigenvalue weighted by atomic mass is 19.1. The maximum Gasteiger partial charge on any atom is 0.185 e. The van der Waals surface area contributed by atoms with Crippen LogP contribution in [0.25, 0.3) is 6.08 Å². The topological polar surface area (TPSA) is 72.9 Å². The van der Waals surface area contributed by atoms with Crippen molar-refractivity contribution in [3.63, 3.8) is 0 Å². The summed E-state index contributed by atoms with van der Waals surface area (Å²) in [6.07, 6.45) is 3.77. The second kappa shape index (κ2) is 9.52. The molecule has 3 unspecified atom stereocenters. The van der Waals surface area contributed by atoms with E-state index < -0.39 is 29.2 Å². The van der Waals surface area contributed by atoms with E-state index in [0.29, 0.717) is 28.2 Å². The van der Waals surface area contributed by atoms with Gasteiger partial charge in [-0.3, -0.25) is 14.4 Å². The summed E-state index contributed by atoms with van der Waals surface area (Å²) in [7, 11) is 3.01. The Kier molecular flexibility index (Phi) is 5.87. The van der Waals surface area contributed by atoms with E-state index in [9.17, 15) is 18.8 Å². The fourth-order valence-electron chi connectivity index (χ4n) is 7.20. The number of ether oxygens (including phenoxy) is 2. The maximum absolute atomic E-state index is 14.8. The van der Waals surface area contributed by atoms with Crippen LogP contribution in [0.2, 0.25) is 0 Å². The number of fused-ring (bicyclic) bond motifs is 5. The van der Waals surface area contributed by atoms with Gasteiger partial charge in [0.1, 0.15) is 17.3 Å². The number of anilines is 1. The average Bonchev–Trinajstić information content (AvgIpc) is 3.46. The summed E-state index contributed by atoms with van der Waals surface area (Å²) < 4.78 is 25.4. The van der Waals surface area contributed by atoms with Crippen LogP contribution in [0.3, 0.4) is 0 Å². The van der Waals surface area contributed by atoms with Crippen molar-refractivity contribution in [3.05, 3.63) is 131 Å². The number of carbonyl (C=O) groups is 3. The van der Waals surface area contributed by atoms with Crippen LogP contribution in [0.4, 0.5) is 10.1 Å². The molecule has 0 saturated carbocycles. The number of methoxy groups -OCH3 is 2. The van der Waals surface area contributed by atoms with Crippen LogP contribution in [0.15, 0.2) is 97.1 Å². The molecule has 3 aliphatic rings. The van der Waals surface area contributed by atoms with E-state index in [2.05, 4.69) is 0 Å². The number of benzene rings is 4. The van der Waals surface area contributed by atoms with Gasteiger partial charge in [0.15, 0.2) is 28.8 Å². The Morgan fingerprint density at radius 3 is 2.14 bits per heavy atom. The fourth-order valence-corrected chi connectivity index (χ4v) is 7.20. The monoisotopic (exact) mass is 559 g/mol. The molecule has 2 aliphatic heterocycles. The zero-order valence-electron chi connectivity index (χ0n) is 22.9. The van der Waals surface area contributed by atoms with Crippen LogP contribution in [0.1, 0.15) is 48.1 Å². The molecule has 1 fully saturated rings. The van der Waals surface area contributed by atoms with Gasteiger partial charge in [0.05, 0.1) is 20.3 Å². The lowest BCUT2D eigenvalue weighted by molar-refractivity contribution is 0.0664. The highest BCUT2D eigenvalue weighted by molar-refractivity contribution is 6.32. The number of hydrogen-bond acceptors (Lipinski definition) is 6. The van der Waals surface area contributed by atoms with E-state index in [1.54, 1.807) is 42.5 Å². The third-order valence-electron chi connectivity index (χ3n) is 8.88. The zero-order valence-corrected chi connectivity index (χ0v) is 22.9. The average molecular weight is 560 g/mol. The van der Waals surface area contributed by atoms with Gasteiger partial charge in [-0.15, -0.1) is 0 Å². The molecule has 3 atom stereocenters. The molecule has 0 aromatic heterocycles. The summed E-state index contributed by atoms with van der Waals surface area (Å²) in [5.74, 6) is -1.72. The van der Waals surface area contributed by atoms with Crippen molar-refractivity contribution in [2.75, 3.05) is 19.1 Å². The Morgan fingerprint density at radius 1 is 0.810 bits per heavy atom. The molecule has 7 rings (SSSR count). The summed E-state index contributed by atoms with van der Waals surface area (Å²) in [6, 6.07) is 23.3. The third kappa shape index (κ3) is 3.33. The molecule has 1 spiro atoms. The lowest BCUT2D eigenvalue weighted by Gasteiger charge is -2.37. The molecule has 0 bridgehead atoms. The van der Waals surface area contributed by atoms with Crippen LogP contribution >= 0.6 is 0 Å². The molecule has 42 heavy (non-hydrogen) atoms. The number of para-hydroxylation sites is 2. The number of halogens is 1. The number of carbonyl (C=O) groups excluding carboxylic acids is 3. The van der Waals surface area contributed by atoms with Crippen LogP contribution in [0, 0.1) is 11.2 Å². The molecule has 1 aliphatic carbocycles. The second-order valence-electron chi connectivity index (χ2n) is 10.7. The van der Waals surface area contributed by atoms with Gasteiger partial charge in [0.2, 0.25) is 0 Å². The minimum absolute atomic E-state index is 0.270. The number of nitrogens with zero attached hydrogens (tertiary/aromatic N) is 1. The standard InChI is InChI=1S/C35H26FNO5/c1-41-27-13-7-11-25(32(27)42-2)29-30(31(38)21-14-17-22(36)18-15-21)37-26-12-6-3-8-20(26)16-19-28(37)35(29)33(39)23-9-4-5-10-24(23)34(35)40/h3-19,28-30H,1-2H3. The van der Waals surface area contributed by atoms with Gasteiger partial charge in [-0.2, -0.15) is 0 Å². The molecule has 7 heteroatoms. The van der Waals surface area contributed by atoms with Crippen molar-refractivity contribution in [2.24, 2.45) is 5.41 Å². The van der Waals surface area contributed by atoms with E-state index in [4.69, 9.17) is 9.47 Å². The molecule has 0 N–H and O–H groups in total. The SMILES string of the molecule is COc1cccc(C2C(C(=O)c3ccc(F)cc3)N3c4ccccc4C=CC3C23C(=O)c2ccccc2C3=O)c1OC. The van der Waals surface area contributed by atoms with Crippen molar-refractivity contribution in [2.45, 2.75) is 18.0 Å². The minimum atomic E-state index is -1.69. The quantitative estimate of drug-likeness (QED) is 0.216. The van der Waals surface area contributed by atoms with E-state index in [0.717, 1.165) is 11.3 Å². The number of ketones is 3. The minimum Gasteiger partial charge on any atom is -0.493 e. The smallest absolute Gasteiger partial charge is 0.185 e. The van der Waals surface area contributed by atoms with Gasteiger partial charge < -0.3 is 14.4 Å². The van der Waals surface area contributed by atoms with Crippen molar-refractivity contribution in [1.82, 2.24) is 0 Å². The lowest BCUT2D eigenvalue weighted by Crippen LogP contribution is -2.48. The Morgan fingerprint density at radius 2 is 1.48 bits per heavy atom. The number of rotatable bonds is 5. The fraction of sp³-hybridized carbons (Fsp3) is 0.171. The summed E-state index contributed by atoms with van der Waals surface area (Å²) >= 11 is 0. The molecular weight excluding hydrogens is 533 g/mol. The van der Waals surface area contributed by atoms with Crippen LogP contribution < -0.4 is 14.4 Å². The molecule has 0 amide bonds. The van der Waals surface area contributed by atoms with E-state index in [1.165, 1.54) is 38.5 Å². The second-order valence-corrected chi connectivity index (χ2v) is 10.7. The van der Waals surface area contributed by atoms with Gasteiger partial charge in [-0.25, -0.2) is 4.39 Å². The summed E-state index contributed by atoms with van der Waals surface area (Å²) in [5, 5.41) is 0. The number of hydrogen-bond donors (Lipinski definition) is 0. The van der Waals surface area contributed by atoms with Gasteiger partial charge in [0.25, 0.3) is 0 Å². The zero-order chi connectivity index (χ0) is 29.2. The predicted octanol–water partition coefficient (Wildman–Crippen LogP) is 6.16. The molecule has 6 nitrogen and oxygen atoms in total. The van der Waals surface area contributed by atoms with Crippen LogP contribution in [-0.2, 0) is 0 Å². The Labute approximate surface area is 242 Å². The molecule has 1 saturated heterocycles. The Hall–Kier alpha value is -5.04. The highest BCUT2D eigenvalue weighted by Crippen LogP contribution is 2.62. The lowest BCUT2D eigenvalue weighted by atomic mass is 9.64. The normalized spacial score (nSPS) is 21.2. The first-order valence-corrected chi connectivity index (χ1v) is 13.7. The van der Waals surface area contributed by atoms with Gasteiger partial charge in [0, 0.05) is 33.9 Å². The first-order valence-electron chi connectivity index (χ1n) is 13.7. The first kappa shape index (κ1) is 25.9. The first-order chi connectivity index (χ1) is 20.4. The molecule has 2 heterocycles. The Balaban J connectivity index is 1.58. The van der Waals surface area contributed by atoms with E-state index in [-0.39, 0.29) is 22.9 Å². The van der Waals surface area contributed by atoms with Gasteiger partial charge in [-0.05, 0) is 42.0 Å². The van der Waals surface area contributed by atoms with Crippen molar-refractivity contribution >= 4 is 29.1 Å². The molecule has 4 aromatic rings. The molecule has 4 aromatic carbocycles. The van der Waals surface area contributed by atoms with Crippen LogP contribution in [0.5, 0.6) is 11.5 Å². The highest BCUT2D eigenvalue weighted by Gasteiger charge is 2.72. The molecule has 208 valence electrons. The maximum atomic E-state index is 14.8. The molecular formula is C35H26FNO5. The Bertz CT molecular complexity index is 1780. The summed E-state index contributed by atoms with van der Waals surface area (Å²) in [6.45, 7) is 0. The molecule has 0 radical (unpaired) electrons. The largest absolute Gasteiger partial charge is 0.493 e. The summed E-state index contributed by atoms with van der Waals surface area (Å²) in [5.41, 5.74) is 1.33. The van der Waals surface area contributed by atoms with Gasteiger partial charge >= 0.3 is 0 Å². The number of Topliss-reactive ketones (excluding diaryl/α,β-unsaturated/α-hetero) is 3.